The fourth-order valence-electron chi connectivity index (χ4n) is 0.226. The lowest BCUT2D eigenvalue weighted by Gasteiger charge is -2.17. The zero-order valence-corrected chi connectivity index (χ0v) is 5.55. The van der Waals surface area contributed by atoms with Gasteiger partial charge in [0.25, 0.3) is 0 Å². The minimum Gasteiger partial charge on any atom is -0.351 e. The van der Waals surface area contributed by atoms with Gasteiger partial charge in [-0.15, -0.1) is 0 Å². The predicted molar refractivity (Wildman–Crippen MR) is 34.5 cm³/mol. The molecule has 6 nitrogen and oxygen atoms in total. The Morgan fingerprint density at radius 1 is 1.70 bits per heavy atom. The van der Waals surface area contributed by atoms with E-state index in [-0.39, 0.29) is 0 Å². The lowest BCUT2D eigenvalue weighted by Crippen LogP contribution is -2.60. The third-order valence-corrected chi connectivity index (χ3v) is 0.700. The van der Waals surface area contributed by atoms with Crippen LogP contribution in [-0.4, -0.2) is 18.0 Å². The van der Waals surface area contributed by atoms with Crippen LogP contribution >= 0.6 is 0 Å². The van der Waals surface area contributed by atoms with E-state index in [1.165, 1.54) is 6.92 Å². The molecule has 1 atom stereocenters. The van der Waals surface area contributed by atoms with Crippen molar-refractivity contribution in [2.75, 3.05) is 0 Å². The molecule has 0 saturated heterocycles. The molecule has 58 valence electrons. The number of urea groups is 1. The molecule has 0 aromatic rings. The van der Waals surface area contributed by atoms with Crippen molar-refractivity contribution in [3.05, 3.63) is 0 Å². The molecule has 6 N–H and O–H groups in total. The number of aldehydes is 1. The second-order valence-corrected chi connectivity index (χ2v) is 2.01. The van der Waals surface area contributed by atoms with E-state index in [1.807, 2.05) is 5.43 Å². The van der Waals surface area contributed by atoms with Gasteiger partial charge in [-0.2, -0.15) is 0 Å². The third-order valence-electron chi connectivity index (χ3n) is 0.700. The number of hydrogen-bond acceptors (Lipinski definition) is 4. The Morgan fingerprint density at radius 3 is 2.50 bits per heavy atom. The summed E-state index contributed by atoms with van der Waals surface area (Å²) >= 11 is 0. The molecule has 0 bridgehead atoms. The van der Waals surface area contributed by atoms with Crippen LogP contribution in [0.25, 0.3) is 0 Å². The van der Waals surface area contributed by atoms with Crippen molar-refractivity contribution in [3.63, 3.8) is 0 Å². The minimum absolute atomic E-state index is 0.447. The molecular weight excluding hydrogens is 136 g/mol. The van der Waals surface area contributed by atoms with Gasteiger partial charge in [-0.3, -0.25) is 10.2 Å². The van der Waals surface area contributed by atoms with Crippen LogP contribution in [0, 0.1) is 0 Å². The predicted octanol–water partition coefficient (Wildman–Crippen LogP) is -1.97. The highest BCUT2D eigenvalue weighted by Crippen LogP contribution is 1.81. The SMILES string of the molecule is C[C@](N)(C=O)NNC(N)=O. The summed E-state index contributed by atoms with van der Waals surface area (Å²) in [5, 5.41) is 0. The smallest absolute Gasteiger partial charge is 0.326 e. The van der Waals surface area contributed by atoms with E-state index in [0.29, 0.717) is 6.29 Å². The van der Waals surface area contributed by atoms with Gasteiger partial charge in [-0.1, -0.05) is 0 Å². The highest BCUT2D eigenvalue weighted by molar-refractivity contribution is 5.72. The molecule has 0 heterocycles. The lowest BCUT2D eigenvalue weighted by molar-refractivity contribution is -0.112. The van der Waals surface area contributed by atoms with Gasteiger partial charge in [0.05, 0.1) is 0 Å². The Hall–Kier alpha value is -1.14. The topological polar surface area (TPSA) is 110 Å². The van der Waals surface area contributed by atoms with Crippen LogP contribution in [0.3, 0.4) is 0 Å². The van der Waals surface area contributed by atoms with Crippen LogP contribution in [0.5, 0.6) is 0 Å². The average Bonchev–Trinajstić information content (AvgIpc) is 1.85. The van der Waals surface area contributed by atoms with Crippen molar-refractivity contribution in [1.29, 1.82) is 0 Å². The fraction of sp³-hybridized carbons (Fsp3) is 0.500. The summed E-state index contributed by atoms with van der Waals surface area (Å²) in [4.78, 5) is 20.1. The van der Waals surface area contributed by atoms with Crippen LogP contribution in [0.2, 0.25) is 0 Å². The van der Waals surface area contributed by atoms with Crippen molar-refractivity contribution in [2.45, 2.75) is 12.6 Å². The normalized spacial score (nSPS) is 15.4. The number of rotatable bonds is 3. The number of nitrogens with two attached hydrogens (primary N) is 2. The highest BCUT2D eigenvalue weighted by atomic mass is 16.2. The number of hydrogen-bond donors (Lipinski definition) is 4. The second kappa shape index (κ2) is 3.14. The molecule has 0 aliphatic rings. The summed E-state index contributed by atoms with van der Waals surface area (Å²) in [6.07, 6.45) is 0.447. The minimum atomic E-state index is -1.27. The second-order valence-electron chi connectivity index (χ2n) is 2.01. The van der Waals surface area contributed by atoms with Gasteiger partial charge in [0.1, 0.15) is 5.66 Å². The van der Waals surface area contributed by atoms with Crippen LogP contribution in [-0.2, 0) is 4.79 Å². The standard InChI is InChI=1S/C4H10N4O2/c1-4(6,2-9)8-7-3(5)10/h2,8H,6H2,1H3,(H3,5,7,10)/t4-/m1/s1. The molecule has 2 amide bonds. The van der Waals surface area contributed by atoms with Crippen molar-refractivity contribution < 1.29 is 9.59 Å². The quantitative estimate of drug-likeness (QED) is 0.210. The number of nitrogens with one attached hydrogen (secondary N) is 2. The monoisotopic (exact) mass is 146 g/mol. The first-order chi connectivity index (χ1) is 4.48. The van der Waals surface area contributed by atoms with Gasteiger partial charge in [0, 0.05) is 0 Å². The van der Waals surface area contributed by atoms with E-state index in [2.05, 4.69) is 11.2 Å². The number of hydrazine groups is 1. The van der Waals surface area contributed by atoms with Gasteiger partial charge >= 0.3 is 6.03 Å². The molecule has 0 saturated carbocycles. The fourth-order valence-corrected chi connectivity index (χ4v) is 0.226. The van der Waals surface area contributed by atoms with E-state index >= 15 is 0 Å². The zero-order valence-electron chi connectivity index (χ0n) is 5.55. The van der Waals surface area contributed by atoms with Crippen molar-refractivity contribution in [3.8, 4) is 0 Å². The third kappa shape index (κ3) is 3.81. The van der Waals surface area contributed by atoms with Crippen LogP contribution in [0.15, 0.2) is 0 Å². The largest absolute Gasteiger partial charge is 0.351 e. The number of carbonyl (C=O) groups is 2. The maximum atomic E-state index is 10.1. The van der Waals surface area contributed by atoms with E-state index in [1.54, 1.807) is 0 Å². The molecule has 0 aliphatic carbocycles. The van der Waals surface area contributed by atoms with Gasteiger partial charge in [-0.05, 0) is 6.92 Å². The van der Waals surface area contributed by atoms with E-state index in [0.717, 1.165) is 0 Å². The Bertz CT molecular complexity index is 144. The molecule has 0 aromatic heterocycles. The Balaban J connectivity index is 3.67. The summed E-state index contributed by atoms with van der Waals surface area (Å²) in [6.45, 7) is 1.38. The summed E-state index contributed by atoms with van der Waals surface area (Å²) < 4.78 is 0. The lowest BCUT2D eigenvalue weighted by atomic mass is 10.3. The van der Waals surface area contributed by atoms with Crippen molar-refractivity contribution in [2.24, 2.45) is 11.5 Å². The Kier molecular flexibility index (Phi) is 2.78. The van der Waals surface area contributed by atoms with Crippen molar-refractivity contribution in [1.82, 2.24) is 10.9 Å². The zero-order chi connectivity index (χ0) is 8.20. The molecular formula is C4H10N4O2. The van der Waals surface area contributed by atoms with E-state index in [4.69, 9.17) is 5.73 Å². The summed E-state index contributed by atoms with van der Waals surface area (Å²) in [6, 6.07) is -0.793. The molecule has 10 heavy (non-hydrogen) atoms. The molecule has 0 aliphatic heterocycles. The molecule has 0 radical (unpaired) electrons. The number of primary amides is 1. The molecule has 0 fully saturated rings. The first kappa shape index (κ1) is 8.86. The maximum Gasteiger partial charge on any atom is 0.326 e. The molecule has 6 heteroatoms. The summed E-state index contributed by atoms with van der Waals surface area (Å²) in [7, 11) is 0. The first-order valence-corrected chi connectivity index (χ1v) is 2.56. The van der Waals surface area contributed by atoms with E-state index < -0.39 is 11.7 Å². The Labute approximate surface area is 57.9 Å². The van der Waals surface area contributed by atoms with Crippen LogP contribution in [0.4, 0.5) is 4.79 Å². The molecule has 0 aromatic carbocycles. The summed E-state index contributed by atoms with van der Waals surface area (Å²) in [5.41, 5.74) is 12.8. The van der Waals surface area contributed by atoms with Gasteiger partial charge in [0.15, 0.2) is 6.29 Å². The maximum absolute atomic E-state index is 10.1. The molecule has 0 rings (SSSR count). The van der Waals surface area contributed by atoms with E-state index in [9.17, 15) is 9.59 Å². The number of carbonyl (C=O) groups excluding carboxylic acids is 2. The van der Waals surface area contributed by atoms with Gasteiger partial charge in [-0.25, -0.2) is 10.2 Å². The number of amides is 2. The van der Waals surface area contributed by atoms with Gasteiger partial charge < -0.3 is 11.5 Å². The van der Waals surface area contributed by atoms with Gasteiger partial charge in [0.2, 0.25) is 0 Å². The first-order valence-electron chi connectivity index (χ1n) is 2.56. The summed E-state index contributed by atoms with van der Waals surface area (Å²) in [5.74, 6) is 0. The van der Waals surface area contributed by atoms with Crippen LogP contribution in [0.1, 0.15) is 6.92 Å². The average molecular weight is 146 g/mol. The molecule has 0 spiro atoms. The molecule has 0 unspecified atom stereocenters. The Morgan fingerprint density at radius 2 is 2.20 bits per heavy atom. The van der Waals surface area contributed by atoms with Crippen LogP contribution < -0.4 is 22.3 Å². The highest BCUT2D eigenvalue weighted by Gasteiger charge is 2.15. The van der Waals surface area contributed by atoms with Crippen molar-refractivity contribution >= 4 is 12.3 Å².